The van der Waals surface area contributed by atoms with E-state index in [0.29, 0.717) is 22.9 Å². The van der Waals surface area contributed by atoms with Gasteiger partial charge in [0.1, 0.15) is 6.54 Å². The molecule has 0 saturated heterocycles. The largest absolute Gasteiger partial charge is 0.375 e. The lowest BCUT2D eigenvalue weighted by Gasteiger charge is -2.22. The molecule has 0 aliphatic heterocycles. The van der Waals surface area contributed by atoms with Crippen LogP contribution >= 0.6 is 11.3 Å². The number of aryl methyl sites for hydroxylation is 1. The van der Waals surface area contributed by atoms with Crippen LogP contribution in [0.2, 0.25) is 0 Å². The number of nitrogens with two attached hydrogens (primary N) is 1. The van der Waals surface area contributed by atoms with Gasteiger partial charge in [-0.15, -0.1) is 11.3 Å². The number of carbonyl (C=O) groups is 2. The molecule has 7 nitrogen and oxygen atoms in total. The number of benzene rings is 2. The molecule has 0 aliphatic carbocycles. The van der Waals surface area contributed by atoms with E-state index < -0.39 is 0 Å². The summed E-state index contributed by atoms with van der Waals surface area (Å²) in [5.74, 6) is -0.512. The predicted molar refractivity (Wildman–Crippen MR) is 131 cm³/mol. The maximum Gasteiger partial charge on any atom is 0.254 e. The number of aromatic nitrogens is 2. The van der Waals surface area contributed by atoms with Crippen LogP contribution in [0.1, 0.15) is 21.5 Å². The van der Waals surface area contributed by atoms with Gasteiger partial charge in [-0.25, -0.2) is 4.98 Å². The van der Waals surface area contributed by atoms with E-state index in [1.165, 1.54) is 16.2 Å². The summed E-state index contributed by atoms with van der Waals surface area (Å²) in [6.07, 6.45) is 3.13. The van der Waals surface area contributed by atoms with Crippen LogP contribution in [-0.2, 0) is 11.3 Å². The van der Waals surface area contributed by atoms with Crippen molar-refractivity contribution in [2.75, 3.05) is 17.6 Å². The molecule has 0 radical (unpaired) electrons. The predicted octanol–water partition coefficient (Wildman–Crippen LogP) is 4.38. The van der Waals surface area contributed by atoms with Crippen molar-refractivity contribution < 1.29 is 9.59 Å². The molecule has 0 fully saturated rings. The zero-order chi connectivity index (χ0) is 23.2. The Kier molecular flexibility index (Phi) is 6.75. The molecule has 0 bridgehead atoms. The van der Waals surface area contributed by atoms with Gasteiger partial charge in [0, 0.05) is 41.1 Å². The van der Waals surface area contributed by atoms with Gasteiger partial charge in [0.15, 0.2) is 5.13 Å². The Morgan fingerprint density at radius 3 is 2.48 bits per heavy atom. The Labute approximate surface area is 195 Å². The lowest BCUT2D eigenvalue weighted by Crippen LogP contribution is -2.37. The monoisotopic (exact) mass is 457 g/mol. The Hall–Kier alpha value is -4.04. The van der Waals surface area contributed by atoms with E-state index in [2.05, 4.69) is 15.3 Å². The van der Waals surface area contributed by atoms with Gasteiger partial charge >= 0.3 is 0 Å². The van der Waals surface area contributed by atoms with Crippen LogP contribution in [0.3, 0.4) is 0 Å². The van der Waals surface area contributed by atoms with E-state index >= 15 is 0 Å². The van der Waals surface area contributed by atoms with Gasteiger partial charge in [0.05, 0.1) is 5.69 Å². The van der Waals surface area contributed by atoms with E-state index in [-0.39, 0.29) is 18.4 Å². The fourth-order valence-electron chi connectivity index (χ4n) is 3.49. The number of hydrogen-bond acceptors (Lipinski definition) is 6. The number of nitrogen functional groups attached to an aromatic ring is 1. The zero-order valence-corrected chi connectivity index (χ0v) is 18.9. The highest BCUT2D eigenvalue weighted by Gasteiger charge is 2.20. The number of hydrogen-bond donors (Lipinski definition) is 2. The summed E-state index contributed by atoms with van der Waals surface area (Å²) in [6, 6.07) is 18.5. The number of amides is 2. The fraction of sp³-hybridized carbons (Fsp3) is 0.120. The number of nitrogens with zero attached hydrogens (tertiary/aromatic N) is 3. The fourth-order valence-corrected chi connectivity index (χ4v) is 4.06. The first-order chi connectivity index (χ1) is 16.0. The van der Waals surface area contributed by atoms with Gasteiger partial charge in [-0.05, 0) is 42.3 Å². The Morgan fingerprint density at radius 1 is 1.06 bits per heavy atom. The zero-order valence-electron chi connectivity index (χ0n) is 18.1. The highest BCUT2D eigenvalue weighted by Crippen LogP contribution is 2.28. The van der Waals surface area contributed by atoms with Crippen molar-refractivity contribution in [2.45, 2.75) is 13.5 Å². The van der Waals surface area contributed by atoms with Gasteiger partial charge in [0.25, 0.3) is 5.91 Å². The second-order valence-corrected chi connectivity index (χ2v) is 8.42. The second kappa shape index (κ2) is 10.1. The van der Waals surface area contributed by atoms with Gasteiger partial charge in [-0.3, -0.25) is 14.6 Å². The first kappa shape index (κ1) is 22.2. The molecule has 2 aromatic heterocycles. The Morgan fingerprint density at radius 2 is 1.82 bits per heavy atom. The minimum absolute atomic E-state index is 0.0839. The van der Waals surface area contributed by atoms with Crippen LogP contribution in [0.4, 0.5) is 10.8 Å². The highest BCUT2D eigenvalue weighted by atomic mass is 32.1. The van der Waals surface area contributed by atoms with Crippen molar-refractivity contribution in [3.05, 3.63) is 95.1 Å². The summed E-state index contributed by atoms with van der Waals surface area (Å²) in [4.78, 5) is 35.8. The summed E-state index contributed by atoms with van der Waals surface area (Å²) in [6.45, 7) is 2.19. The second-order valence-electron chi connectivity index (χ2n) is 7.53. The molecule has 0 saturated carbocycles. The maximum atomic E-state index is 13.1. The maximum absolute atomic E-state index is 13.1. The molecule has 4 rings (SSSR count). The first-order valence-corrected chi connectivity index (χ1v) is 11.2. The van der Waals surface area contributed by atoms with Gasteiger partial charge in [-0.2, -0.15) is 0 Å². The van der Waals surface area contributed by atoms with Gasteiger partial charge in [-0.1, -0.05) is 36.4 Å². The number of nitrogens with one attached hydrogen (secondary N) is 1. The van der Waals surface area contributed by atoms with Crippen molar-refractivity contribution in [1.82, 2.24) is 14.9 Å². The number of thiazole rings is 1. The molecule has 0 aliphatic rings. The van der Waals surface area contributed by atoms with E-state index in [1.807, 2.05) is 60.8 Å². The average molecular weight is 458 g/mol. The SMILES string of the molecule is Cc1cc(NC(=O)CN(Cc2ccccc2)C(=O)c2ccncc2)ccc1-c1csc(N)n1. The summed E-state index contributed by atoms with van der Waals surface area (Å²) < 4.78 is 0. The molecule has 8 heteroatoms. The average Bonchev–Trinajstić information content (AvgIpc) is 3.25. The van der Waals surface area contributed by atoms with E-state index in [1.54, 1.807) is 24.5 Å². The summed E-state index contributed by atoms with van der Waals surface area (Å²) in [7, 11) is 0. The van der Waals surface area contributed by atoms with Crippen LogP contribution in [0, 0.1) is 6.92 Å². The minimum Gasteiger partial charge on any atom is -0.375 e. The Balaban J connectivity index is 1.49. The molecular weight excluding hydrogens is 434 g/mol. The van der Waals surface area contributed by atoms with E-state index in [4.69, 9.17) is 5.73 Å². The van der Waals surface area contributed by atoms with Crippen LogP contribution in [0.25, 0.3) is 11.3 Å². The molecule has 0 unspecified atom stereocenters. The summed E-state index contributed by atoms with van der Waals surface area (Å²) in [5, 5.41) is 5.32. The molecule has 2 heterocycles. The lowest BCUT2D eigenvalue weighted by atomic mass is 10.1. The van der Waals surface area contributed by atoms with Crippen molar-refractivity contribution >= 4 is 34.0 Å². The van der Waals surface area contributed by atoms with Gasteiger partial charge in [0.2, 0.25) is 5.91 Å². The smallest absolute Gasteiger partial charge is 0.254 e. The van der Waals surface area contributed by atoms with E-state index in [9.17, 15) is 9.59 Å². The Bertz CT molecular complexity index is 1260. The third kappa shape index (κ3) is 5.61. The van der Waals surface area contributed by atoms with Crippen molar-refractivity contribution in [2.24, 2.45) is 0 Å². The highest BCUT2D eigenvalue weighted by molar-refractivity contribution is 7.13. The normalized spacial score (nSPS) is 10.6. The van der Waals surface area contributed by atoms with Crippen LogP contribution in [0.5, 0.6) is 0 Å². The molecule has 2 aromatic carbocycles. The van der Waals surface area contributed by atoms with Crippen LogP contribution in [-0.4, -0.2) is 33.2 Å². The summed E-state index contributed by atoms with van der Waals surface area (Å²) >= 11 is 1.39. The van der Waals surface area contributed by atoms with Crippen molar-refractivity contribution in [1.29, 1.82) is 0 Å². The molecule has 4 aromatic rings. The molecule has 0 atom stereocenters. The van der Waals surface area contributed by atoms with Crippen LogP contribution in [0.15, 0.2) is 78.4 Å². The summed E-state index contributed by atoms with van der Waals surface area (Å²) in [5.41, 5.74) is 10.6. The third-order valence-corrected chi connectivity index (χ3v) is 5.75. The molecule has 166 valence electrons. The van der Waals surface area contributed by atoms with Crippen molar-refractivity contribution in [3.63, 3.8) is 0 Å². The van der Waals surface area contributed by atoms with E-state index in [0.717, 1.165) is 22.4 Å². The lowest BCUT2D eigenvalue weighted by molar-refractivity contribution is -0.117. The number of rotatable bonds is 7. The first-order valence-electron chi connectivity index (χ1n) is 10.3. The van der Waals surface area contributed by atoms with Crippen LogP contribution < -0.4 is 11.1 Å². The van der Waals surface area contributed by atoms with Crippen molar-refractivity contribution in [3.8, 4) is 11.3 Å². The van der Waals surface area contributed by atoms with Gasteiger partial charge < -0.3 is 16.0 Å². The topological polar surface area (TPSA) is 101 Å². The minimum atomic E-state index is -0.279. The molecule has 2 amide bonds. The molecule has 33 heavy (non-hydrogen) atoms. The number of pyridine rings is 1. The molecule has 3 N–H and O–H groups in total. The third-order valence-electron chi connectivity index (χ3n) is 5.07. The molecule has 0 spiro atoms. The standard InChI is InChI=1S/C25H23N5O2S/c1-17-13-20(7-8-21(17)22-16-33-25(26)29-22)28-23(31)15-30(14-18-5-3-2-4-6-18)24(32)19-9-11-27-12-10-19/h2-13,16H,14-15H2,1H3,(H2,26,29)(H,28,31). The number of anilines is 2. The number of carbonyl (C=O) groups excluding carboxylic acids is 2. The quantitative estimate of drug-likeness (QED) is 0.429. The molecular formula is C25H23N5O2S.